The maximum Gasteiger partial charge on any atom is 0.522 e. The maximum atomic E-state index is 11.3. The lowest BCUT2D eigenvalue weighted by molar-refractivity contribution is -0.845. The average molecular weight is 237 g/mol. The molecular formula is C6H13N4O6+. The van der Waals surface area contributed by atoms with Crippen LogP contribution in [0.5, 0.6) is 0 Å². The Morgan fingerprint density at radius 2 is 1.81 bits per heavy atom. The highest BCUT2D eigenvalue weighted by molar-refractivity contribution is 5.72. The molecule has 0 bridgehead atoms. The van der Waals surface area contributed by atoms with E-state index in [1.807, 2.05) is 0 Å². The minimum atomic E-state index is -2.69. The zero-order valence-corrected chi connectivity index (χ0v) is 8.78. The van der Waals surface area contributed by atoms with E-state index in [9.17, 15) is 19.8 Å². The van der Waals surface area contributed by atoms with Gasteiger partial charge in [-0.05, 0) is 0 Å². The molecule has 0 atom stereocenters. The summed E-state index contributed by atoms with van der Waals surface area (Å²) >= 11 is 0. The van der Waals surface area contributed by atoms with E-state index < -0.39 is 34.7 Å². The molecule has 0 aliphatic carbocycles. The Morgan fingerprint density at radius 3 is 2.06 bits per heavy atom. The van der Waals surface area contributed by atoms with Gasteiger partial charge in [-0.2, -0.15) is 0 Å². The van der Waals surface area contributed by atoms with Crippen LogP contribution in [0.4, 0.5) is 4.79 Å². The van der Waals surface area contributed by atoms with E-state index in [1.165, 1.54) is 14.1 Å². The van der Waals surface area contributed by atoms with Crippen LogP contribution in [0.1, 0.15) is 0 Å². The lowest BCUT2D eigenvalue weighted by Crippen LogP contribution is -2.60. The van der Waals surface area contributed by atoms with Gasteiger partial charge in [-0.1, -0.05) is 5.43 Å². The summed E-state index contributed by atoms with van der Waals surface area (Å²) in [4.78, 5) is 32.2. The first-order valence-electron chi connectivity index (χ1n) is 4.13. The average Bonchev–Trinajstić information content (AvgIpc) is 2.19. The molecule has 0 fully saturated rings. The highest BCUT2D eigenvalue weighted by Crippen LogP contribution is 2.08. The Labute approximate surface area is 90.2 Å². The van der Waals surface area contributed by atoms with Crippen molar-refractivity contribution in [2.75, 3.05) is 27.3 Å². The number of urea groups is 1. The van der Waals surface area contributed by atoms with Gasteiger partial charge in [0.05, 0.1) is 4.91 Å². The van der Waals surface area contributed by atoms with Gasteiger partial charge in [0.2, 0.25) is 4.87 Å². The van der Waals surface area contributed by atoms with E-state index in [-0.39, 0.29) is 0 Å². The van der Waals surface area contributed by atoms with Gasteiger partial charge in [0.15, 0.2) is 13.2 Å². The Bertz CT molecular complexity index is 299. The molecule has 0 aromatic heterocycles. The first-order chi connectivity index (χ1) is 7.31. The van der Waals surface area contributed by atoms with Crippen molar-refractivity contribution in [1.82, 2.24) is 10.3 Å². The number of nitrogens with zero attached hydrogens (tertiary/aromatic N) is 3. The zero-order valence-electron chi connectivity index (χ0n) is 8.78. The fourth-order valence-corrected chi connectivity index (χ4v) is 0.659. The molecule has 0 radical (unpaired) electrons. The summed E-state index contributed by atoms with van der Waals surface area (Å²) in [5.41, 5.74) is -1.08. The van der Waals surface area contributed by atoms with E-state index in [0.29, 0.717) is 0 Å². The molecule has 0 aliphatic rings. The zero-order chi connectivity index (χ0) is 12.9. The largest absolute Gasteiger partial charge is 0.522 e. The Hall–Kier alpha value is -1.81. The second kappa shape index (κ2) is 5.32. The molecule has 0 unspecified atom stereocenters. The van der Waals surface area contributed by atoms with Gasteiger partial charge >= 0.3 is 11.7 Å². The van der Waals surface area contributed by atoms with E-state index in [0.717, 1.165) is 4.90 Å². The Kier molecular flexibility index (Phi) is 4.72. The van der Waals surface area contributed by atoms with E-state index >= 15 is 0 Å². The molecule has 10 heteroatoms. The number of aliphatic hydroxyl groups is 2. The highest BCUT2D eigenvalue weighted by Gasteiger charge is 2.60. The topological polar surface area (TPSA) is 136 Å². The van der Waals surface area contributed by atoms with Gasteiger partial charge in [-0.15, -0.1) is 0 Å². The van der Waals surface area contributed by atoms with Crippen molar-refractivity contribution in [1.29, 1.82) is 0 Å². The van der Waals surface area contributed by atoms with E-state index in [2.05, 4.69) is 0 Å². The van der Waals surface area contributed by atoms with E-state index in [1.54, 1.807) is 5.43 Å². The summed E-state index contributed by atoms with van der Waals surface area (Å²) in [5, 5.41) is 28.1. The normalized spacial score (nSPS) is 10.8. The molecular weight excluding hydrogens is 224 g/mol. The first-order valence-corrected chi connectivity index (χ1v) is 4.13. The molecule has 0 aliphatic heterocycles. The molecule has 92 valence electrons. The van der Waals surface area contributed by atoms with E-state index in [4.69, 9.17) is 10.2 Å². The maximum absolute atomic E-state index is 11.3. The molecule has 0 aromatic carbocycles. The minimum absolute atomic E-state index is 0.477. The van der Waals surface area contributed by atoms with Crippen LogP contribution < -0.4 is 5.43 Å². The lowest BCUT2D eigenvalue weighted by Gasteiger charge is -2.13. The summed E-state index contributed by atoms with van der Waals surface area (Å²) in [6.07, 6.45) is 0. The highest BCUT2D eigenvalue weighted by atomic mass is 16.6. The molecule has 0 heterocycles. The third kappa shape index (κ3) is 2.61. The van der Waals surface area contributed by atoms with Crippen molar-refractivity contribution < 1.29 is 24.8 Å². The molecule has 2 amide bonds. The molecule has 16 heavy (non-hydrogen) atoms. The number of hydrazine groups is 1. The number of carbonyl (C=O) groups excluding carboxylic acids is 1. The van der Waals surface area contributed by atoms with Gasteiger partial charge < -0.3 is 15.1 Å². The number of rotatable bonds is 5. The second-order valence-electron chi connectivity index (χ2n) is 3.16. The monoisotopic (exact) mass is 237 g/mol. The number of nitroso groups, excluding NO2 is 1. The fraction of sp³-hybridized carbons (Fsp3) is 0.833. The third-order valence-electron chi connectivity index (χ3n) is 1.83. The van der Waals surface area contributed by atoms with Gasteiger partial charge in [-0.3, -0.25) is 10.1 Å². The van der Waals surface area contributed by atoms with Crippen molar-refractivity contribution in [3.63, 3.8) is 0 Å². The second-order valence-corrected chi connectivity index (χ2v) is 3.16. The summed E-state index contributed by atoms with van der Waals surface area (Å²) in [6, 6.07) is -0.914. The van der Waals surface area contributed by atoms with Crippen LogP contribution in [0.25, 0.3) is 0 Å². The minimum Gasteiger partial charge on any atom is -0.382 e. The van der Waals surface area contributed by atoms with Crippen LogP contribution in [0.2, 0.25) is 0 Å². The van der Waals surface area contributed by atoms with Crippen LogP contribution in [0.15, 0.2) is 0 Å². The van der Waals surface area contributed by atoms with Gasteiger partial charge in [-0.25, -0.2) is 4.79 Å². The Balaban J connectivity index is 4.91. The number of amides is 2. The van der Waals surface area contributed by atoms with Crippen LogP contribution in [0, 0.1) is 15.0 Å². The third-order valence-corrected chi connectivity index (χ3v) is 1.83. The van der Waals surface area contributed by atoms with Crippen molar-refractivity contribution in [3.8, 4) is 0 Å². The standard InChI is InChI=1S/C6H12N4O6/c1-8(2)5(13)7-9(14)6(3-11,4-12)10(15)16/h11-12H,3-4H2,1-2H3/p+1. The summed E-state index contributed by atoms with van der Waals surface area (Å²) < 4.78 is 0. The van der Waals surface area contributed by atoms with Crippen LogP contribution >= 0.6 is 0 Å². The Morgan fingerprint density at radius 1 is 1.38 bits per heavy atom. The van der Waals surface area contributed by atoms with Crippen molar-refractivity contribution >= 4 is 6.03 Å². The number of aliphatic hydroxyl groups excluding tert-OH is 2. The van der Waals surface area contributed by atoms with Crippen molar-refractivity contribution in [3.05, 3.63) is 15.0 Å². The number of hydrogen-bond donors (Lipinski definition) is 3. The van der Waals surface area contributed by atoms with Gasteiger partial charge in [0, 0.05) is 14.1 Å². The molecule has 0 saturated carbocycles. The predicted molar refractivity (Wildman–Crippen MR) is 49.7 cm³/mol. The number of carbonyl (C=O) groups is 1. The fourth-order valence-electron chi connectivity index (χ4n) is 0.659. The van der Waals surface area contributed by atoms with Crippen LogP contribution in [-0.4, -0.2) is 63.9 Å². The van der Waals surface area contributed by atoms with Gasteiger partial charge in [0.1, 0.15) is 4.92 Å². The van der Waals surface area contributed by atoms with Crippen molar-refractivity contribution in [2.24, 2.45) is 0 Å². The SMILES string of the molecule is CN(C)C(=O)N[N+](=O)C(CO)(CO)[N+](=O)[O-]. The van der Waals surface area contributed by atoms with Crippen LogP contribution in [0.3, 0.4) is 0 Å². The molecule has 10 nitrogen and oxygen atoms in total. The summed E-state index contributed by atoms with van der Waals surface area (Å²) in [5.74, 6) is 0. The summed E-state index contributed by atoms with van der Waals surface area (Å²) in [6.45, 7) is -2.48. The molecule has 0 saturated heterocycles. The van der Waals surface area contributed by atoms with Crippen LogP contribution in [-0.2, 0) is 0 Å². The molecule has 0 spiro atoms. The molecule has 0 aromatic rings. The first kappa shape index (κ1) is 14.2. The number of nitrogens with one attached hydrogen (secondary N) is 1. The molecule has 0 rings (SSSR count). The number of hydrogen-bond acceptors (Lipinski definition) is 6. The van der Waals surface area contributed by atoms with Gasteiger partial charge in [0.25, 0.3) is 0 Å². The smallest absolute Gasteiger partial charge is 0.382 e. The predicted octanol–water partition coefficient (Wildman–Crippen LogP) is -2.09. The summed E-state index contributed by atoms with van der Waals surface area (Å²) in [7, 11) is 2.63. The lowest BCUT2D eigenvalue weighted by atomic mass is 10.2. The quantitative estimate of drug-likeness (QED) is 0.217. The van der Waals surface area contributed by atoms with Crippen molar-refractivity contribution in [2.45, 2.75) is 5.66 Å². The molecule has 3 N–H and O–H groups in total. The number of nitro groups is 1.